The molecule has 15 rings (SSSR count). The zero-order chi connectivity index (χ0) is 111. The highest BCUT2D eigenvalue weighted by Gasteiger charge is 2.48. The fourth-order valence-corrected chi connectivity index (χ4v) is 17.7. The first-order valence-electron chi connectivity index (χ1n) is 46.7. The third-order valence-corrected chi connectivity index (χ3v) is 23.3. The lowest BCUT2D eigenvalue weighted by atomic mass is 9.80. The highest BCUT2D eigenvalue weighted by molar-refractivity contribution is 9.10. The third kappa shape index (κ3) is 41.0. The fourth-order valence-electron chi connectivity index (χ4n) is 17.2. The van der Waals surface area contributed by atoms with Crippen molar-refractivity contribution < 1.29 is 121 Å². The van der Waals surface area contributed by atoms with Crippen LogP contribution in [0.4, 0.5) is 76.2 Å². The van der Waals surface area contributed by atoms with Gasteiger partial charge in [-0.3, -0.25) is 21.5 Å². The first-order valence-corrected chi connectivity index (χ1v) is 47.5. The van der Waals surface area contributed by atoms with Gasteiger partial charge in [-0.05, 0) is 162 Å². The van der Waals surface area contributed by atoms with Gasteiger partial charge in [0.25, 0.3) is 29.6 Å². The first kappa shape index (κ1) is 125. The van der Waals surface area contributed by atoms with Crippen LogP contribution in [0.5, 0.6) is 23.0 Å². The van der Waals surface area contributed by atoms with E-state index in [0.29, 0.717) is 125 Å². The number of alkyl halides is 10. The molecule has 5 aliphatic rings. The van der Waals surface area contributed by atoms with Crippen molar-refractivity contribution in [3.05, 3.63) is 291 Å². The SMILES string of the molecule is NN.N[C@H]1CN(Cc2ccccc2)CC(F)(F)C1.O=C=O.O=C=O.O=C=O.O=C=O.OB(O)c1ccc(Oc2ccccc2)cc1.[C-]#[N+]c1c(-c2ccc(Oc3ccccc3)cc2)cn(C2CN(C(=O)OC(C)(C)C)CC(F)(F)C2)c1CC.[C-]#[N+]c1c(Br)cn([C@H]2CN(C(=O)OC(C)(C)C)CC(F)(F)C2)c1CC.[C-]#[N+]c1ccn([C@H]2CN(Cc3ccccc3)CC(F)(F)C2)c1CC.[C-]#[N+]c1ccn([C@H]2CNCC(F)(F)C2)c1CC. The molecule has 0 radical (unpaired) electrons. The molecule has 2 amide bonds. The number of nitrogens with two attached hydrogens (primary N) is 3. The van der Waals surface area contributed by atoms with E-state index in [1.807, 2.05) is 187 Å². The number of para-hydroxylation sites is 2. The third-order valence-electron chi connectivity index (χ3n) is 22.7. The maximum atomic E-state index is 14.8. The zero-order valence-corrected chi connectivity index (χ0v) is 85.4. The first-order chi connectivity index (χ1) is 70.5. The number of piperidine rings is 5. The number of hydrogen-bond donors (Lipinski definition) is 6. The van der Waals surface area contributed by atoms with Gasteiger partial charge in [-0.2, -0.15) is 38.4 Å². The summed E-state index contributed by atoms with van der Waals surface area (Å²) in [7, 11) is -1.44. The van der Waals surface area contributed by atoms with Crippen LogP contribution < -0.4 is 37.7 Å². The number of halogens is 11. The van der Waals surface area contributed by atoms with E-state index in [4.69, 9.17) is 99.4 Å². The van der Waals surface area contributed by atoms with Crippen LogP contribution >= 0.6 is 15.9 Å². The van der Waals surface area contributed by atoms with Gasteiger partial charge < -0.3 is 68.1 Å². The molecule has 1 unspecified atom stereocenters. The van der Waals surface area contributed by atoms with Crippen LogP contribution in [0.25, 0.3) is 30.5 Å². The highest BCUT2D eigenvalue weighted by Crippen LogP contribution is 2.46. The van der Waals surface area contributed by atoms with Gasteiger partial charge in [0.1, 0.15) is 34.2 Å². The number of likely N-dealkylation sites (tertiary alicyclic amines) is 4. The smallest absolute Gasteiger partial charge is 0.457 e. The van der Waals surface area contributed by atoms with Crippen LogP contribution in [0.2, 0.25) is 0 Å². The lowest BCUT2D eigenvalue weighted by molar-refractivity contribution is -0.193. The number of aromatic nitrogens is 4. The molecule has 10 aromatic rings. The lowest BCUT2D eigenvalue weighted by Crippen LogP contribution is -2.51. The lowest BCUT2D eigenvalue weighted by Gasteiger charge is -2.39. The summed E-state index contributed by atoms with van der Waals surface area (Å²) in [6, 6.07) is 53.3. The summed E-state index contributed by atoms with van der Waals surface area (Å²) in [6.45, 7) is 48.2. The van der Waals surface area contributed by atoms with Gasteiger partial charge in [0.15, 0.2) is 0 Å². The minimum absolute atomic E-state index is 0.0763. The number of ether oxygens (including phenoxy) is 4. The molecule has 9 N–H and O–H groups in total. The van der Waals surface area contributed by atoms with Gasteiger partial charge in [0.05, 0.1) is 83.2 Å². The van der Waals surface area contributed by atoms with E-state index in [9.17, 15) is 53.5 Å². The van der Waals surface area contributed by atoms with E-state index >= 15 is 0 Å². The van der Waals surface area contributed by atoms with Crippen molar-refractivity contribution in [2.24, 2.45) is 17.4 Å². The molecule has 5 fully saturated rings. The largest absolute Gasteiger partial charge is 0.488 e. The molecule has 5 saturated heterocycles. The van der Waals surface area contributed by atoms with E-state index in [1.54, 1.807) is 117 Å². The van der Waals surface area contributed by atoms with E-state index in [2.05, 4.69) is 52.3 Å². The second-order valence-electron chi connectivity index (χ2n) is 36.4. The van der Waals surface area contributed by atoms with Crippen molar-refractivity contribution in [1.29, 1.82) is 0 Å². The Hall–Kier alpha value is -14.4. The second kappa shape index (κ2) is 60.2. The van der Waals surface area contributed by atoms with Gasteiger partial charge in [-0.1, -0.05) is 165 Å². The molecule has 5 atom stereocenters. The Morgan fingerprint density at radius 3 is 1.13 bits per heavy atom. The van der Waals surface area contributed by atoms with Crippen molar-refractivity contribution in [2.45, 2.75) is 211 Å². The van der Waals surface area contributed by atoms with E-state index < -0.39 is 97.8 Å². The maximum Gasteiger partial charge on any atom is 0.488 e. The predicted molar refractivity (Wildman–Crippen MR) is 535 cm³/mol. The van der Waals surface area contributed by atoms with Crippen molar-refractivity contribution >= 4 is 88.1 Å². The van der Waals surface area contributed by atoms with Crippen molar-refractivity contribution in [1.82, 2.24) is 43.2 Å². The number of nitrogens with zero attached hydrogens (tertiary/aromatic N) is 12. The zero-order valence-electron chi connectivity index (χ0n) is 83.8. The molecule has 0 bridgehead atoms. The van der Waals surface area contributed by atoms with Gasteiger partial charge >= 0.3 is 43.9 Å². The Kier molecular flexibility index (Phi) is 50.5. The van der Waals surface area contributed by atoms with E-state index in [1.165, 1.54) is 0 Å². The number of benzene rings is 6. The number of rotatable bonds is 18. The molecular formula is C105H120BBrF10N16O16. The predicted octanol–water partition coefficient (Wildman–Crippen LogP) is 20.0. The minimum Gasteiger partial charge on any atom is -0.457 e. The molecular weight excluding hydrogens is 2020 g/mol. The van der Waals surface area contributed by atoms with Crippen molar-refractivity contribution in [3.63, 3.8) is 0 Å². The standard InChI is InChI=1S/C29H31F2N3O3.C19H21F2N3.C17H22BrF2N3O2.C12H11BO3.C12H15F2N3.C12H16F2N2.4CO2.H4N2/c1-6-25-26(32-5)24(20-12-14-23(15-13-20)36-22-10-8-7-9-11-22)18-34(25)21-16-29(30,31)19-33(17-21)27(35)37-28(2,3)4;1-3-18-17(22-2)9-10-24(18)16-11-19(20,21)14-23(13-16)12-15-7-5-4-6-8-15;1-6-13-14(21-5)12(18)9-23(13)11-7-17(19,20)10-22(8-11)15(24)25-16(2,3)4;14-13(15)10-6-8-12(9-7-10)16-11-4-2-1-3-5-11;1-3-11-10(15-2)4-5-17(11)9-6-12(13,14)8-16-7-9;13-12(14)6-11(15)8-16(9-12)7-10-4-2-1-3-5-10;4*2-1-3;1-2/h7-15,18,21H,6,16-17,19H2,1-4H3;4-10,16H,3,11-14H2,1H3;9,11H,6-8,10H2,1-4H3;1-9,14-15H;4-5,9,16H,3,6-8H2,1H3;1-5,11H,6-9,15H2;;;;;1-2H2/t;16-;11-;;9-;11-;;;;;/m.11.11...../s1. The molecule has 0 spiro atoms. The average Bonchev–Trinajstić information content (AvgIpc) is 1.57. The maximum absolute atomic E-state index is 14.8. The summed E-state index contributed by atoms with van der Waals surface area (Å²) in [6.07, 6.45) is 7.52. The molecule has 4 aromatic heterocycles. The Bertz CT molecular complexity index is 6120. The summed E-state index contributed by atoms with van der Waals surface area (Å²) >= 11 is 3.32. The summed E-state index contributed by atoms with van der Waals surface area (Å²) < 4.78 is 170. The van der Waals surface area contributed by atoms with Crippen molar-refractivity contribution in [3.8, 4) is 34.1 Å². The molecule has 32 nitrogen and oxygen atoms in total. The number of carbonyl (C=O) groups is 2. The Balaban J connectivity index is 0.000000313. The monoisotopic (exact) mass is 2140 g/mol. The Morgan fingerprint density at radius 1 is 0.436 bits per heavy atom. The van der Waals surface area contributed by atoms with Crippen LogP contribution in [-0.2, 0) is 86.6 Å². The van der Waals surface area contributed by atoms with Gasteiger partial charge in [-0.25, -0.2) is 72.9 Å². The molecule has 44 heteroatoms. The highest BCUT2D eigenvalue weighted by atomic mass is 79.9. The molecule has 5 aliphatic heterocycles. The number of carbonyl (C=O) groups excluding carboxylic acids is 10. The Morgan fingerprint density at radius 2 is 0.772 bits per heavy atom. The number of nitrogens with one attached hydrogen (secondary N) is 1. The summed E-state index contributed by atoms with van der Waals surface area (Å²) in [5.74, 6) is -3.34. The van der Waals surface area contributed by atoms with Gasteiger partial charge in [0.2, 0.25) is 22.7 Å². The molecule has 9 heterocycles. The topological polar surface area (TPSA) is 388 Å². The minimum atomic E-state index is -3.08. The molecule has 0 saturated carbocycles. The number of hydrazine groups is 1. The number of hydrogen-bond acceptors (Lipinski definition) is 22. The second-order valence-corrected chi connectivity index (χ2v) is 37.2. The van der Waals surface area contributed by atoms with Gasteiger partial charge in [-0.15, -0.1) is 0 Å². The van der Waals surface area contributed by atoms with E-state index in [-0.39, 0.29) is 95.1 Å². The summed E-state index contributed by atoms with van der Waals surface area (Å²) in [5, 5.41) is 20.6. The summed E-state index contributed by atoms with van der Waals surface area (Å²) in [5.41, 5.74) is 13.1. The van der Waals surface area contributed by atoms with Gasteiger partial charge in [0, 0.05) is 129 Å². The average molecular weight is 2140 g/mol. The normalized spacial score (nSPS) is 17.7. The molecule has 6 aromatic carbocycles. The molecule has 0 aliphatic carbocycles. The Labute approximate surface area is 866 Å². The van der Waals surface area contributed by atoms with Crippen LogP contribution in [-0.4, -0.2) is 204 Å². The molecule has 796 valence electrons. The number of amides is 2. The van der Waals surface area contributed by atoms with Crippen molar-refractivity contribution in [2.75, 3.05) is 65.4 Å². The molecule has 149 heavy (non-hydrogen) atoms. The fraction of sp³-hybridized carbons (Fsp3) is 0.410. The quantitative estimate of drug-likeness (QED) is 0.0153. The van der Waals surface area contributed by atoms with Crippen LogP contribution in [0.3, 0.4) is 0 Å². The van der Waals surface area contributed by atoms with E-state index in [0.717, 1.165) is 43.6 Å². The summed E-state index contributed by atoms with van der Waals surface area (Å²) in [4.78, 5) is 110. The van der Waals surface area contributed by atoms with Crippen LogP contribution in [0.15, 0.2) is 211 Å². The van der Waals surface area contributed by atoms with Crippen LogP contribution in [0, 0.1) is 26.3 Å². The van der Waals surface area contributed by atoms with Crippen LogP contribution in [0.1, 0.15) is 159 Å².